The molecule has 43 heavy (non-hydrogen) atoms. The number of pyridine rings is 1. The zero-order valence-corrected chi connectivity index (χ0v) is 24.5. The Balaban J connectivity index is 0.000000331. The first-order valence-electron chi connectivity index (χ1n) is 13.8. The number of aliphatic hydroxyl groups is 6. The molecular formula is C29H40N2O12. The highest BCUT2D eigenvalue weighted by Crippen LogP contribution is 2.45. The second kappa shape index (κ2) is 15.3. The van der Waals surface area contributed by atoms with Crippen LogP contribution < -0.4 is 18.9 Å². The molecule has 0 spiro atoms. The van der Waals surface area contributed by atoms with Gasteiger partial charge in [0.1, 0.15) is 18.3 Å². The van der Waals surface area contributed by atoms with Crippen LogP contribution >= 0.6 is 0 Å². The zero-order valence-electron chi connectivity index (χ0n) is 24.5. The summed E-state index contributed by atoms with van der Waals surface area (Å²) in [6.45, 7) is 1.66. The third kappa shape index (κ3) is 7.71. The number of nitrogens with zero attached hydrogens (tertiary/aromatic N) is 2. The number of aliphatic hydroxyl groups excluding tert-OH is 6. The molecule has 0 amide bonds. The van der Waals surface area contributed by atoms with Crippen LogP contribution in [0.25, 0.3) is 0 Å². The predicted octanol–water partition coefficient (Wildman–Crippen LogP) is -0.139. The van der Waals surface area contributed by atoms with Crippen LogP contribution in [0.3, 0.4) is 0 Å². The topological polar surface area (TPSA) is 221 Å². The smallest absolute Gasteiger partial charge is 0.335 e. The molecule has 0 bridgehead atoms. The van der Waals surface area contributed by atoms with Gasteiger partial charge in [0.05, 0.1) is 52.4 Å². The summed E-state index contributed by atoms with van der Waals surface area (Å²) in [5.41, 5.74) is 3.80. The fourth-order valence-corrected chi connectivity index (χ4v) is 5.13. The van der Waals surface area contributed by atoms with Gasteiger partial charge in [-0.1, -0.05) is 0 Å². The molecule has 2 heterocycles. The van der Waals surface area contributed by atoms with Gasteiger partial charge in [-0.25, -0.2) is 9.78 Å². The van der Waals surface area contributed by atoms with E-state index in [0.29, 0.717) is 36.2 Å². The SMILES string of the molecule is CCOc1cc2c(cc1OC)C(c1cnc(OC)c(OC)c1)=N[C@@H]1CC[C@@H](O)C[C@H]21.O=C(O)[C@H](O)[C@H](O)[C@H](O)[C@@H](O)CO. The normalized spacial score (nSPS) is 21.8. The van der Waals surface area contributed by atoms with Gasteiger partial charge in [0.25, 0.3) is 5.88 Å². The molecule has 1 fully saturated rings. The molecule has 2 aliphatic rings. The van der Waals surface area contributed by atoms with Gasteiger partial charge in [0.2, 0.25) is 0 Å². The van der Waals surface area contributed by atoms with Crippen LogP contribution in [0.2, 0.25) is 0 Å². The summed E-state index contributed by atoms with van der Waals surface area (Å²) in [5.74, 6) is 0.775. The van der Waals surface area contributed by atoms with E-state index in [4.69, 9.17) is 54.6 Å². The molecule has 238 valence electrons. The summed E-state index contributed by atoms with van der Waals surface area (Å²) >= 11 is 0. The van der Waals surface area contributed by atoms with Gasteiger partial charge in [-0.2, -0.15) is 0 Å². The van der Waals surface area contributed by atoms with E-state index in [-0.39, 0.29) is 18.1 Å². The summed E-state index contributed by atoms with van der Waals surface area (Å²) in [6.07, 6.45) is -4.11. The molecule has 1 saturated carbocycles. The number of rotatable bonds is 11. The summed E-state index contributed by atoms with van der Waals surface area (Å²) in [5, 5.41) is 62.1. The second-order valence-electron chi connectivity index (χ2n) is 10.1. The van der Waals surface area contributed by atoms with E-state index in [0.717, 1.165) is 35.2 Å². The lowest BCUT2D eigenvalue weighted by atomic mass is 9.74. The highest BCUT2D eigenvalue weighted by atomic mass is 16.5. The van der Waals surface area contributed by atoms with E-state index < -0.39 is 37.0 Å². The third-order valence-electron chi connectivity index (χ3n) is 7.38. The van der Waals surface area contributed by atoms with E-state index in [1.54, 1.807) is 27.5 Å². The predicted molar refractivity (Wildman–Crippen MR) is 152 cm³/mol. The molecule has 14 nitrogen and oxygen atoms in total. The number of carboxylic acids is 1. The number of aromatic nitrogens is 1. The number of benzene rings is 1. The maximum absolute atomic E-state index is 10.3. The first kappa shape index (κ1) is 34.0. The van der Waals surface area contributed by atoms with Crippen molar-refractivity contribution >= 4 is 11.7 Å². The fourth-order valence-electron chi connectivity index (χ4n) is 5.13. The number of carbonyl (C=O) groups is 1. The molecule has 1 aliphatic heterocycles. The molecule has 14 heteroatoms. The Morgan fingerprint density at radius 1 is 0.977 bits per heavy atom. The van der Waals surface area contributed by atoms with Crippen LogP contribution in [0.1, 0.15) is 48.8 Å². The summed E-state index contributed by atoms with van der Waals surface area (Å²) < 4.78 is 22.2. The van der Waals surface area contributed by atoms with E-state index in [9.17, 15) is 9.90 Å². The Hall–Kier alpha value is -3.53. The Labute approximate surface area is 248 Å². The highest BCUT2D eigenvalue weighted by molar-refractivity contribution is 6.15. The number of aliphatic carboxylic acids is 1. The van der Waals surface area contributed by atoms with E-state index in [1.807, 2.05) is 19.1 Å². The number of hydrogen-bond acceptors (Lipinski definition) is 13. The lowest BCUT2D eigenvalue weighted by Gasteiger charge is -2.37. The quantitative estimate of drug-likeness (QED) is 0.177. The molecule has 0 radical (unpaired) electrons. The van der Waals surface area contributed by atoms with Crippen LogP contribution in [0.15, 0.2) is 29.4 Å². The van der Waals surface area contributed by atoms with Crippen molar-refractivity contribution in [1.82, 2.24) is 4.98 Å². The van der Waals surface area contributed by atoms with Gasteiger partial charge in [-0.15, -0.1) is 0 Å². The maximum Gasteiger partial charge on any atom is 0.335 e. The number of fused-ring (bicyclic) bond motifs is 3. The minimum absolute atomic E-state index is 0.104. The summed E-state index contributed by atoms with van der Waals surface area (Å²) in [7, 11) is 4.79. The minimum atomic E-state index is -2.20. The molecule has 1 aliphatic carbocycles. The standard InChI is InChI=1S/C23H28N2O5.C6H12O7/c1-5-30-20-10-15-16-9-14(26)6-7-18(16)25-22(17(15)11-19(20)27-2)13-8-21(28-3)23(29-4)24-12-13;7-1-2(8)3(9)4(10)5(11)6(12)13/h8,10-12,14,16,18,26H,5-7,9H2,1-4H3;2-5,7-11H,1H2,(H,12,13)/t14-,16-,18-;2-,3+,4+,5+/m10/s1. The molecule has 1 aromatic heterocycles. The number of hydrogen-bond donors (Lipinski definition) is 7. The number of methoxy groups -OCH3 is 3. The van der Waals surface area contributed by atoms with E-state index in [1.165, 1.54) is 0 Å². The van der Waals surface area contributed by atoms with Gasteiger partial charge in [-0.05, 0) is 49.9 Å². The third-order valence-corrected chi connectivity index (χ3v) is 7.38. The fraction of sp³-hybridized carbons (Fsp3) is 0.552. The molecule has 1 aromatic carbocycles. The number of aliphatic imine (C=N–C) groups is 1. The largest absolute Gasteiger partial charge is 0.493 e. The zero-order chi connectivity index (χ0) is 31.8. The summed E-state index contributed by atoms with van der Waals surface area (Å²) in [4.78, 5) is 19.6. The van der Waals surface area contributed by atoms with Gasteiger partial charge >= 0.3 is 5.97 Å². The van der Waals surface area contributed by atoms with Gasteiger partial charge in [0.15, 0.2) is 23.4 Å². The van der Waals surface area contributed by atoms with Gasteiger partial charge in [0, 0.05) is 23.2 Å². The monoisotopic (exact) mass is 608 g/mol. The lowest BCUT2D eigenvalue weighted by molar-refractivity contribution is -0.164. The first-order valence-corrected chi connectivity index (χ1v) is 13.8. The van der Waals surface area contributed by atoms with E-state index >= 15 is 0 Å². The van der Waals surface area contributed by atoms with Crippen molar-refractivity contribution in [1.29, 1.82) is 0 Å². The number of ether oxygens (including phenoxy) is 4. The maximum atomic E-state index is 10.3. The molecule has 4 rings (SSSR count). The average molecular weight is 609 g/mol. The summed E-state index contributed by atoms with van der Waals surface area (Å²) in [6, 6.07) is 6.03. The van der Waals surface area contributed by atoms with Crippen molar-refractivity contribution in [3.63, 3.8) is 0 Å². The van der Waals surface area contributed by atoms with Crippen molar-refractivity contribution < 1.29 is 59.5 Å². The van der Waals surface area contributed by atoms with Crippen LogP contribution in [-0.4, -0.2) is 124 Å². The van der Waals surface area contributed by atoms with Crippen molar-refractivity contribution in [2.75, 3.05) is 34.5 Å². The molecule has 0 unspecified atom stereocenters. The van der Waals surface area contributed by atoms with Crippen molar-refractivity contribution in [2.24, 2.45) is 4.99 Å². The van der Waals surface area contributed by atoms with Crippen LogP contribution in [0, 0.1) is 0 Å². The van der Waals surface area contributed by atoms with E-state index in [2.05, 4.69) is 11.1 Å². The Morgan fingerprint density at radius 3 is 2.26 bits per heavy atom. The van der Waals surface area contributed by atoms with Crippen molar-refractivity contribution in [2.45, 2.75) is 68.7 Å². The molecule has 0 saturated heterocycles. The van der Waals surface area contributed by atoms with Crippen molar-refractivity contribution in [3.8, 4) is 23.1 Å². The second-order valence-corrected chi connectivity index (χ2v) is 10.1. The lowest BCUT2D eigenvalue weighted by Crippen LogP contribution is -2.48. The van der Waals surface area contributed by atoms with Crippen molar-refractivity contribution in [3.05, 3.63) is 41.1 Å². The van der Waals surface area contributed by atoms with Crippen LogP contribution in [0.5, 0.6) is 23.1 Å². The molecule has 7 N–H and O–H groups in total. The first-order chi connectivity index (χ1) is 20.5. The van der Waals surface area contributed by atoms with Gasteiger partial charge < -0.3 is 54.7 Å². The molecule has 2 aromatic rings. The Morgan fingerprint density at radius 2 is 1.67 bits per heavy atom. The highest BCUT2D eigenvalue weighted by Gasteiger charge is 2.38. The average Bonchev–Trinajstić information content (AvgIpc) is 3.02. The van der Waals surface area contributed by atoms with Gasteiger partial charge in [-0.3, -0.25) is 4.99 Å². The van der Waals surface area contributed by atoms with Crippen LogP contribution in [-0.2, 0) is 4.79 Å². The van der Waals surface area contributed by atoms with Crippen LogP contribution in [0.4, 0.5) is 0 Å². The molecule has 7 atom stereocenters. The Bertz CT molecular complexity index is 1270. The Kier molecular flexibility index (Phi) is 12.1. The number of carboxylic acid groups (broad SMARTS) is 1. The molecular weight excluding hydrogens is 568 g/mol. The minimum Gasteiger partial charge on any atom is -0.493 e.